The first-order valence-electron chi connectivity index (χ1n) is 8.03. The van der Waals surface area contributed by atoms with E-state index in [1.54, 1.807) is 0 Å². The van der Waals surface area contributed by atoms with Crippen LogP contribution in [0.25, 0.3) is 0 Å². The topological polar surface area (TPSA) is 74.2 Å². The largest absolute Gasteiger partial charge is 0.494 e. The van der Waals surface area contributed by atoms with Gasteiger partial charge in [0.1, 0.15) is 5.75 Å². The number of nitrogens with zero attached hydrogens (tertiary/aromatic N) is 2. The molecule has 1 heterocycles. The summed E-state index contributed by atoms with van der Waals surface area (Å²) in [6.07, 6.45) is 5.67. The fourth-order valence-electron chi connectivity index (χ4n) is 2.56. The summed E-state index contributed by atoms with van der Waals surface area (Å²) in [5.41, 5.74) is 7.09. The minimum Gasteiger partial charge on any atom is -0.494 e. The quantitative estimate of drug-likeness (QED) is 0.838. The summed E-state index contributed by atoms with van der Waals surface area (Å²) in [5.74, 6) is 2.25. The summed E-state index contributed by atoms with van der Waals surface area (Å²) in [6, 6.07) is 8.18. The fourth-order valence-corrected chi connectivity index (χ4v) is 2.56. The molecule has 2 N–H and O–H groups in total. The first-order valence-corrected chi connectivity index (χ1v) is 8.03. The van der Waals surface area contributed by atoms with Gasteiger partial charge in [-0.1, -0.05) is 24.2 Å². The molecule has 0 atom stereocenters. The predicted octanol–water partition coefficient (Wildman–Crippen LogP) is 3.40. The van der Waals surface area contributed by atoms with Crippen molar-refractivity contribution >= 4 is 12.4 Å². The van der Waals surface area contributed by atoms with Crippen molar-refractivity contribution in [2.75, 3.05) is 6.61 Å². The van der Waals surface area contributed by atoms with E-state index in [0.717, 1.165) is 50.9 Å². The molecule has 0 radical (unpaired) electrons. The molecule has 1 aromatic carbocycles. The van der Waals surface area contributed by atoms with Gasteiger partial charge in [-0.3, -0.25) is 0 Å². The van der Waals surface area contributed by atoms with Crippen molar-refractivity contribution < 1.29 is 9.26 Å². The first kappa shape index (κ1) is 17.8. The van der Waals surface area contributed by atoms with Gasteiger partial charge in [-0.2, -0.15) is 4.98 Å². The van der Waals surface area contributed by atoms with Gasteiger partial charge >= 0.3 is 0 Å². The lowest BCUT2D eigenvalue weighted by atomic mass is 9.77. The third kappa shape index (κ3) is 4.24. The molecule has 0 amide bonds. The Morgan fingerprint density at radius 1 is 1.22 bits per heavy atom. The highest BCUT2D eigenvalue weighted by molar-refractivity contribution is 5.85. The second kappa shape index (κ2) is 7.79. The molecular weight excluding hydrogens is 314 g/mol. The number of benzene rings is 1. The van der Waals surface area contributed by atoms with Gasteiger partial charge < -0.3 is 15.0 Å². The molecule has 2 aromatic rings. The zero-order valence-corrected chi connectivity index (χ0v) is 14.3. The number of hydrogen-bond donors (Lipinski definition) is 1. The summed E-state index contributed by atoms with van der Waals surface area (Å²) < 4.78 is 10.9. The molecule has 0 saturated heterocycles. The molecule has 1 fully saturated rings. The number of nitrogens with two attached hydrogens (primary N) is 1. The Morgan fingerprint density at radius 2 is 1.96 bits per heavy atom. The molecule has 1 saturated carbocycles. The molecule has 1 aliphatic carbocycles. The van der Waals surface area contributed by atoms with Crippen molar-refractivity contribution in [2.24, 2.45) is 5.73 Å². The van der Waals surface area contributed by atoms with E-state index in [2.05, 4.69) is 29.2 Å². The van der Waals surface area contributed by atoms with Crippen LogP contribution in [0.2, 0.25) is 0 Å². The van der Waals surface area contributed by atoms with E-state index in [1.165, 1.54) is 5.56 Å². The molecular formula is C17H24ClN3O2. The molecule has 0 bridgehead atoms. The van der Waals surface area contributed by atoms with Crippen LogP contribution in [0.5, 0.6) is 5.75 Å². The Morgan fingerprint density at radius 3 is 2.57 bits per heavy atom. The van der Waals surface area contributed by atoms with Crippen LogP contribution in [0.15, 0.2) is 28.8 Å². The zero-order chi connectivity index (χ0) is 15.4. The lowest BCUT2D eigenvalue weighted by Gasteiger charge is -2.34. The Balaban J connectivity index is 0.00000192. The highest BCUT2D eigenvalue weighted by Crippen LogP contribution is 2.36. The summed E-state index contributed by atoms with van der Waals surface area (Å²) in [7, 11) is 0. The van der Waals surface area contributed by atoms with E-state index >= 15 is 0 Å². The molecule has 1 aromatic heterocycles. The van der Waals surface area contributed by atoms with Crippen LogP contribution in [0.4, 0.5) is 0 Å². The maximum Gasteiger partial charge on any atom is 0.227 e. The molecule has 0 spiro atoms. The molecule has 0 aliphatic heterocycles. The summed E-state index contributed by atoms with van der Waals surface area (Å²) in [4.78, 5) is 4.45. The average Bonchev–Trinajstić information content (AvgIpc) is 2.99. The van der Waals surface area contributed by atoms with Crippen molar-refractivity contribution in [1.29, 1.82) is 0 Å². The minimum atomic E-state index is -0.347. The summed E-state index contributed by atoms with van der Waals surface area (Å²) in [6.45, 7) is 2.85. The molecule has 6 heteroatoms. The van der Waals surface area contributed by atoms with Crippen LogP contribution in [-0.4, -0.2) is 16.7 Å². The second-order valence-electron chi connectivity index (χ2n) is 6.01. The van der Waals surface area contributed by atoms with Gasteiger partial charge in [0.05, 0.1) is 12.1 Å². The highest BCUT2D eigenvalue weighted by Gasteiger charge is 2.38. The number of aromatic nitrogens is 2. The Bertz CT molecular complexity index is 609. The van der Waals surface area contributed by atoms with Gasteiger partial charge in [0.2, 0.25) is 5.89 Å². The Labute approximate surface area is 143 Å². The number of ether oxygens (including phenoxy) is 1. The summed E-state index contributed by atoms with van der Waals surface area (Å²) in [5, 5.41) is 4.04. The molecule has 23 heavy (non-hydrogen) atoms. The number of rotatable bonds is 7. The lowest BCUT2D eigenvalue weighted by Crippen LogP contribution is -2.44. The van der Waals surface area contributed by atoms with Crippen LogP contribution >= 0.6 is 12.4 Å². The molecule has 3 rings (SSSR count). The van der Waals surface area contributed by atoms with E-state index in [-0.39, 0.29) is 17.9 Å². The van der Waals surface area contributed by atoms with E-state index < -0.39 is 0 Å². The fraction of sp³-hybridized carbons (Fsp3) is 0.529. The Kier molecular flexibility index (Phi) is 6.02. The second-order valence-corrected chi connectivity index (χ2v) is 6.01. The SMILES string of the molecule is CCCOc1ccc(CCc2nc(C3(N)CCC3)no2)cc1.Cl. The van der Waals surface area contributed by atoms with Crippen molar-refractivity contribution in [3.8, 4) is 5.75 Å². The van der Waals surface area contributed by atoms with Gasteiger partial charge in [0, 0.05) is 6.42 Å². The van der Waals surface area contributed by atoms with Gasteiger partial charge in [-0.15, -0.1) is 12.4 Å². The summed E-state index contributed by atoms with van der Waals surface area (Å²) >= 11 is 0. The lowest BCUT2D eigenvalue weighted by molar-refractivity contribution is 0.229. The van der Waals surface area contributed by atoms with Crippen molar-refractivity contribution in [3.63, 3.8) is 0 Å². The first-order chi connectivity index (χ1) is 10.7. The maximum atomic E-state index is 6.20. The van der Waals surface area contributed by atoms with E-state index in [4.69, 9.17) is 15.0 Å². The third-order valence-electron chi connectivity index (χ3n) is 4.18. The Hall–Kier alpha value is -1.59. The van der Waals surface area contributed by atoms with E-state index in [0.29, 0.717) is 11.7 Å². The van der Waals surface area contributed by atoms with Crippen LogP contribution in [0.3, 0.4) is 0 Å². The molecule has 0 unspecified atom stereocenters. The smallest absolute Gasteiger partial charge is 0.227 e. The monoisotopic (exact) mass is 337 g/mol. The van der Waals surface area contributed by atoms with Crippen molar-refractivity contribution in [1.82, 2.24) is 10.1 Å². The normalized spacial score (nSPS) is 15.6. The van der Waals surface area contributed by atoms with Crippen LogP contribution < -0.4 is 10.5 Å². The number of hydrogen-bond acceptors (Lipinski definition) is 5. The zero-order valence-electron chi connectivity index (χ0n) is 13.5. The predicted molar refractivity (Wildman–Crippen MR) is 90.9 cm³/mol. The maximum absolute atomic E-state index is 6.20. The van der Waals surface area contributed by atoms with Gasteiger partial charge in [0.15, 0.2) is 5.82 Å². The van der Waals surface area contributed by atoms with Gasteiger partial charge in [-0.25, -0.2) is 0 Å². The van der Waals surface area contributed by atoms with Crippen molar-refractivity contribution in [2.45, 2.75) is 51.0 Å². The molecule has 5 nitrogen and oxygen atoms in total. The van der Waals surface area contributed by atoms with Crippen molar-refractivity contribution in [3.05, 3.63) is 41.5 Å². The number of aryl methyl sites for hydroxylation is 2. The third-order valence-corrected chi connectivity index (χ3v) is 4.18. The number of halogens is 1. The van der Waals surface area contributed by atoms with E-state index in [1.807, 2.05) is 12.1 Å². The van der Waals surface area contributed by atoms with E-state index in [9.17, 15) is 0 Å². The highest BCUT2D eigenvalue weighted by atomic mass is 35.5. The standard InChI is InChI=1S/C17H23N3O2.ClH/c1-2-12-21-14-7-4-13(5-8-14)6-9-15-19-16(20-22-15)17(18)10-3-11-17;/h4-5,7-8H,2-3,6,9-12,18H2,1H3;1H. The van der Waals surface area contributed by atoms with Gasteiger partial charge in [0.25, 0.3) is 0 Å². The molecule has 1 aliphatic rings. The van der Waals surface area contributed by atoms with Crippen LogP contribution in [-0.2, 0) is 18.4 Å². The minimum absolute atomic E-state index is 0. The van der Waals surface area contributed by atoms with Crippen LogP contribution in [0, 0.1) is 0 Å². The van der Waals surface area contributed by atoms with Gasteiger partial charge in [-0.05, 0) is 49.8 Å². The molecule has 126 valence electrons. The average molecular weight is 338 g/mol. The van der Waals surface area contributed by atoms with Crippen LogP contribution in [0.1, 0.15) is 49.9 Å².